The fraction of sp³-hybridized carbons (Fsp3) is 0.393. The third kappa shape index (κ3) is 5.87. The predicted octanol–water partition coefficient (Wildman–Crippen LogP) is 4.16. The van der Waals surface area contributed by atoms with Gasteiger partial charge in [0.1, 0.15) is 6.54 Å². The van der Waals surface area contributed by atoms with Gasteiger partial charge in [0, 0.05) is 24.7 Å². The number of hydrogen-bond acceptors (Lipinski definition) is 14. The van der Waals surface area contributed by atoms with Gasteiger partial charge < -0.3 is 4.90 Å². The molecule has 48 heavy (non-hydrogen) atoms. The van der Waals surface area contributed by atoms with Crippen molar-refractivity contribution in [1.82, 2.24) is 24.7 Å². The number of hydrogen-bond donors (Lipinski definition) is 0. The van der Waals surface area contributed by atoms with Crippen molar-refractivity contribution in [2.24, 2.45) is 0 Å². The topological polar surface area (TPSA) is 189 Å². The van der Waals surface area contributed by atoms with E-state index in [0.29, 0.717) is 38.8 Å². The number of quaternary nitrogens is 1. The molecule has 2 fully saturated rings. The van der Waals surface area contributed by atoms with Crippen LogP contribution in [0.4, 0.5) is 31.2 Å². The molecule has 4 amide bonds. The van der Waals surface area contributed by atoms with Crippen molar-refractivity contribution in [1.29, 1.82) is 0 Å². The monoisotopic (exact) mass is 699 g/mol. The number of rotatable bonds is 9. The van der Waals surface area contributed by atoms with Gasteiger partial charge >= 0.3 is 18.0 Å². The molecule has 1 atom stereocenters. The summed E-state index contributed by atoms with van der Waals surface area (Å²) in [6.07, 6.45) is -0.536. The maximum atomic E-state index is 14.0. The van der Waals surface area contributed by atoms with Crippen molar-refractivity contribution in [3.8, 4) is 0 Å². The van der Waals surface area contributed by atoms with Crippen LogP contribution in [0.5, 0.6) is 0 Å². The van der Waals surface area contributed by atoms with Crippen molar-refractivity contribution < 1.29 is 33.7 Å². The summed E-state index contributed by atoms with van der Waals surface area (Å²) in [5, 5.41) is 24.0. The van der Waals surface area contributed by atoms with Gasteiger partial charge in [0.15, 0.2) is 16.9 Å². The molecule has 0 N–H and O–H groups in total. The molecule has 0 spiro atoms. The van der Waals surface area contributed by atoms with Crippen molar-refractivity contribution in [2.45, 2.75) is 20.3 Å². The fourth-order valence-corrected chi connectivity index (χ4v) is 7.83. The Labute approximate surface area is 280 Å². The maximum Gasteiger partial charge on any atom is 0.469 e. The second-order valence-corrected chi connectivity index (χ2v) is 13.5. The van der Waals surface area contributed by atoms with Crippen molar-refractivity contribution in [3.63, 3.8) is 0 Å². The Morgan fingerprint density at radius 1 is 0.938 bits per heavy atom. The van der Waals surface area contributed by atoms with E-state index in [4.69, 9.17) is 4.84 Å². The van der Waals surface area contributed by atoms with Gasteiger partial charge in [-0.1, -0.05) is 22.7 Å². The van der Waals surface area contributed by atoms with Gasteiger partial charge in [-0.05, 0) is 44.7 Å². The van der Waals surface area contributed by atoms with Crippen molar-refractivity contribution >= 4 is 82.8 Å². The summed E-state index contributed by atoms with van der Waals surface area (Å²) in [5.74, 6) is -0.878. The summed E-state index contributed by atoms with van der Waals surface area (Å²) in [6.45, 7) is 4.90. The number of nitrogens with zero attached hydrogens (tertiary/aromatic N) is 10. The number of amides is 4. The number of carbonyl (C=O) groups excluding carboxylic acids is 3. The Kier molecular flexibility index (Phi) is 8.68. The molecule has 0 aliphatic carbocycles. The highest BCUT2D eigenvalue weighted by Crippen LogP contribution is 2.38. The van der Waals surface area contributed by atoms with Gasteiger partial charge in [-0.15, -0.1) is 0 Å². The third-order valence-corrected chi connectivity index (χ3v) is 10.3. The average Bonchev–Trinajstić information content (AvgIpc) is 3.68. The van der Waals surface area contributed by atoms with Crippen LogP contribution in [0.1, 0.15) is 19.4 Å². The van der Waals surface area contributed by atoms with E-state index in [1.165, 1.54) is 40.1 Å². The highest BCUT2D eigenvalue weighted by molar-refractivity contribution is 7.22. The number of fused-ring (bicyclic) bond motifs is 2. The van der Waals surface area contributed by atoms with E-state index >= 15 is 0 Å². The molecule has 4 heterocycles. The molecule has 0 bridgehead atoms. The average molecular weight is 700 g/mol. The Morgan fingerprint density at radius 2 is 1.62 bits per heavy atom. The first kappa shape index (κ1) is 33.0. The van der Waals surface area contributed by atoms with E-state index < -0.39 is 32.9 Å². The predicted molar refractivity (Wildman–Crippen MR) is 176 cm³/mol. The SMILES string of the molecule is CCN1CN(C)CN(c2nc3ccc([N+](=O)[O-])c(CC(=O)O[N+]4(CC)CN(C)CN(c5nc6ccc([N+](=O)[O-])cc6s5)C4=O)c3s2)C1=O. The zero-order valence-electron chi connectivity index (χ0n) is 26.4. The van der Waals surface area contributed by atoms with E-state index in [1.54, 1.807) is 23.8 Å². The summed E-state index contributed by atoms with van der Waals surface area (Å²) in [6, 6.07) is 6.13. The zero-order chi connectivity index (χ0) is 34.5. The quantitative estimate of drug-likeness (QED) is 0.138. The molecule has 1 unspecified atom stereocenters. The highest BCUT2D eigenvalue weighted by atomic mass is 32.1. The van der Waals surface area contributed by atoms with Crippen LogP contribution in [0.25, 0.3) is 20.4 Å². The normalized spacial score (nSPS) is 19.5. The number of carbonyl (C=O) groups is 3. The lowest BCUT2D eigenvalue weighted by atomic mass is 10.1. The molecule has 20 heteroatoms. The largest absolute Gasteiger partial charge is 0.469 e. The summed E-state index contributed by atoms with van der Waals surface area (Å²) in [5.41, 5.74) is 0.485. The first-order chi connectivity index (χ1) is 22.8. The molecule has 0 radical (unpaired) electrons. The first-order valence-electron chi connectivity index (χ1n) is 14.8. The fourth-order valence-electron chi connectivity index (χ4n) is 5.76. The van der Waals surface area contributed by atoms with Gasteiger partial charge in [-0.25, -0.2) is 34.2 Å². The minimum atomic E-state index is -0.878. The number of nitro groups is 2. The lowest BCUT2D eigenvalue weighted by molar-refractivity contribution is -1.03. The standard InChI is InChI=1S/C28H31N10O8S2/c1-5-33-13-31(3)14-34(27(33)40)25-30-20-9-10-21(37(44)45)18(24(20)48-25)12-23(39)46-38(6-2)16-32(4)15-35(28(38)41)26-29-19-8-7-17(36(42)43)11-22(19)47-26/h7-11H,5-6,12-16H2,1-4H3/q+1. The molecule has 0 saturated carbocycles. The summed E-state index contributed by atoms with van der Waals surface area (Å²) >= 11 is 2.16. The summed E-state index contributed by atoms with van der Waals surface area (Å²) in [4.78, 5) is 86.2. The zero-order valence-corrected chi connectivity index (χ0v) is 28.0. The number of hydroxylamine groups is 3. The molecular formula is C28H31N10O8S2+. The van der Waals surface area contributed by atoms with Crippen LogP contribution >= 0.6 is 22.7 Å². The maximum absolute atomic E-state index is 14.0. The molecule has 2 aliphatic heterocycles. The number of non-ortho nitro benzene ring substituents is 1. The van der Waals surface area contributed by atoms with Crippen LogP contribution in [0.3, 0.4) is 0 Å². The van der Waals surface area contributed by atoms with Gasteiger partial charge in [0.05, 0.1) is 62.3 Å². The summed E-state index contributed by atoms with van der Waals surface area (Å²) < 4.78 is 0.0944. The first-order valence-corrected chi connectivity index (χ1v) is 16.4. The van der Waals surface area contributed by atoms with Crippen LogP contribution in [0.15, 0.2) is 30.3 Å². The van der Waals surface area contributed by atoms with Gasteiger partial charge in [0.25, 0.3) is 11.4 Å². The van der Waals surface area contributed by atoms with E-state index in [9.17, 15) is 34.6 Å². The lowest BCUT2D eigenvalue weighted by Gasteiger charge is -2.41. The number of thiazole rings is 2. The van der Waals surface area contributed by atoms with Crippen LogP contribution < -0.4 is 9.80 Å². The second-order valence-electron chi connectivity index (χ2n) is 11.5. The Balaban J connectivity index is 1.30. The lowest BCUT2D eigenvalue weighted by Crippen LogP contribution is -2.68. The molecular weight excluding hydrogens is 669 g/mol. The molecule has 2 aliphatic rings. The van der Waals surface area contributed by atoms with Crippen LogP contribution in [-0.4, -0.2) is 111 Å². The van der Waals surface area contributed by atoms with Crippen LogP contribution in [-0.2, 0) is 16.1 Å². The molecule has 2 saturated heterocycles. The highest BCUT2D eigenvalue weighted by Gasteiger charge is 2.51. The number of nitro benzene ring substituents is 2. The Hall–Kier alpha value is -4.89. The smallest absolute Gasteiger partial charge is 0.312 e. The number of urea groups is 2. The van der Waals surface area contributed by atoms with Gasteiger partial charge in [0.2, 0.25) is 0 Å². The number of benzene rings is 2. The Morgan fingerprint density at radius 3 is 2.31 bits per heavy atom. The van der Waals surface area contributed by atoms with E-state index in [2.05, 4.69) is 9.97 Å². The molecule has 2 aromatic carbocycles. The molecule has 6 rings (SSSR count). The van der Waals surface area contributed by atoms with Crippen LogP contribution in [0.2, 0.25) is 0 Å². The van der Waals surface area contributed by atoms with Gasteiger partial charge in [-0.3, -0.25) is 34.9 Å². The summed E-state index contributed by atoms with van der Waals surface area (Å²) in [7, 11) is 3.59. The van der Waals surface area contributed by atoms with E-state index in [0.717, 1.165) is 22.7 Å². The second kappa shape index (κ2) is 12.6. The number of aromatic nitrogens is 2. The molecule has 252 valence electrons. The Bertz CT molecular complexity index is 1980. The van der Waals surface area contributed by atoms with E-state index in [1.807, 2.05) is 18.9 Å². The minimum Gasteiger partial charge on any atom is -0.312 e. The van der Waals surface area contributed by atoms with Crippen molar-refractivity contribution in [3.05, 3.63) is 56.1 Å². The van der Waals surface area contributed by atoms with Crippen LogP contribution in [0, 0.1) is 20.2 Å². The molecule has 18 nitrogen and oxygen atoms in total. The van der Waals surface area contributed by atoms with E-state index in [-0.39, 0.29) is 54.7 Å². The molecule has 2 aromatic heterocycles. The van der Waals surface area contributed by atoms with Crippen molar-refractivity contribution in [2.75, 3.05) is 63.7 Å². The minimum absolute atomic E-state index is 0.00343. The number of anilines is 2. The van der Waals surface area contributed by atoms with Gasteiger partial charge in [-0.2, -0.15) is 0 Å². The third-order valence-electron chi connectivity index (χ3n) is 8.07. The molecule has 4 aromatic rings.